The molecule has 1 atom stereocenters. The molecule has 1 unspecified atom stereocenters. The van der Waals surface area contributed by atoms with Crippen LogP contribution in [0.2, 0.25) is 0 Å². The van der Waals surface area contributed by atoms with Crippen molar-refractivity contribution in [3.63, 3.8) is 0 Å². The summed E-state index contributed by atoms with van der Waals surface area (Å²) in [5.74, 6) is 0. The van der Waals surface area contributed by atoms with E-state index in [-0.39, 0.29) is 11.6 Å². The monoisotopic (exact) mass is 323 g/mol. The minimum atomic E-state index is -0.754. The summed E-state index contributed by atoms with van der Waals surface area (Å²) in [6.07, 6.45) is 6.84. The molecule has 0 bridgehead atoms. The van der Waals surface area contributed by atoms with E-state index in [1.165, 1.54) is 25.7 Å². The van der Waals surface area contributed by atoms with Crippen molar-refractivity contribution in [3.8, 4) is 0 Å². The van der Waals surface area contributed by atoms with Gasteiger partial charge in [-0.1, -0.05) is 0 Å². The molecule has 0 aromatic heterocycles. The summed E-state index contributed by atoms with van der Waals surface area (Å²) in [6.45, 7) is 4.80. The van der Waals surface area contributed by atoms with Crippen LogP contribution in [0.1, 0.15) is 44.9 Å². The van der Waals surface area contributed by atoms with Gasteiger partial charge >= 0.3 is 6.09 Å². The lowest BCUT2D eigenvalue weighted by Gasteiger charge is -2.52. The number of carbonyl (C=O) groups is 1. The van der Waals surface area contributed by atoms with Crippen molar-refractivity contribution in [1.82, 2.24) is 14.7 Å². The summed E-state index contributed by atoms with van der Waals surface area (Å²) in [5, 5.41) is 19.2. The normalized spacial score (nSPS) is 40.0. The molecule has 23 heavy (non-hydrogen) atoms. The molecule has 1 spiro atoms. The van der Waals surface area contributed by atoms with Gasteiger partial charge in [-0.05, 0) is 63.5 Å². The molecule has 0 aromatic carbocycles. The third-order valence-electron chi connectivity index (χ3n) is 6.79. The first-order chi connectivity index (χ1) is 11.1. The maximum atomic E-state index is 11.1. The van der Waals surface area contributed by atoms with Crippen molar-refractivity contribution in [2.75, 3.05) is 32.7 Å². The molecule has 130 valence electrons. The minimum Gasteiger partial charge on any atom is -0.465 e. The van der Waals surface area contributed by atoms with Crippen LogP contribution in [0.3, 0.4) is 0 Å². The van der Waals surface area contributed by atoms with E-state index >= 15 is 0 Å². The van der Waals surface area contributed by atoms with Crippen LogP contribution in [0.15, 0.2) is 0 Å². The van der Waals surface area contributed by atoms with E-state index in [1.807, 2.05) is 0 Å². The molecule has 3 aliphatic heterocycles. The molecule has 6 heteroatoms. The van der Waals surface area contributed by atoms with Crippen LogP contribution in [0.25, 0.3) is 0 Å². The zero-order valence-electron chi connectivity index (χ0n) is 13.9. The summed E-state index contributed by atoms with van der Waals surface area (Å²) >= 11 is 0. The van der Waals surface area contributed by atoms with Crippen molar-refractivity contribution in [1.29, 1.82) is 0 Å². The second-order valence-corrected chi connectivity index (χ2v) is 8.14. The number of piperidine rings is 1. The molecule has 4 aliphatic rings. The fraction of sp³-hybridized carbons (Fsp3) is 0.941. The van der Waals surface area contributed by atoms with Gasteiger partial charge in [0.2, 0.25) is 0 Å². The molecule has 3 saturated heterocycles. The lowest BCUT2D eigenvalue weighted by Crippen LogP contribution is -2.56. The first-order valence-electron chi connectivity index (χ1n) is 9.22. The number of rotatable bonds is 2. The van der Waals surface area contributed by atoms with Crippen LogP contribution in [0.4, 0.5) is 4.79 Å². The zero-order valence-corrected chi connectivity index (χ0v) is 13.9. The molecular formula is C17H29N3O3. The number of aliphatic hydroxyl groups is 1. The summed E-state index contributed by atoms with van der Waals surface area (Å²) < 4.78 is 0. The molecule has 1 amide bonds. The highest BCUT2D eigenvalue weighted by atomic mass is 16.4. The van der Waals surface area contributed by atoms with Crippen molar-refractivity contribution in [3.05, 3.63) is 0 Å². The molecule has 1 saturated carbocycles. The van der Waals surface area contributed by atoms with Crippen LogP contribution in [0.5, 0.6) is 0 Å². The molecule has 0 radical (unpaired) electrons. The zero-order chi connectivity index (χ0) is 16.0. The van der Waals surface area contributed by atoms with E-state index in [0.29, 0.717) is 12.1 Å². The summed E-state index contributed by atoms with van der Waals surface area (Å²) in [5.41, 5.74) is 0.283. The summed E-state index contributed by atoms with van der Waals surface area (Å²) in [7, 11) is 0. The Balaban J connectivity index is 1.24. The molecule has 4 rings (SSSR count). The minimum absolute atomic E-state index is 0.209. The highest BCUT2D eigenvalue weighted by Crippen LogP contribution is 2.50. The topological polar surface area (TPSA) is 67.2 Å². The Bertz CT molecular complexity index is 458. The average Bonchev–Trinajstić information content (AvgIpc) is 3.12. The van der Waals surface area contributed by atoms with Crippen LogP contribution >= 0.6 is 0 Å². The van der Waals surface area contributed by atoms with E-state index in [0.717, 1.165) is 52.0 Å². The third-order valence-corrected chi connectivity index (χ3v) is 6.79. The Labute approximate surface area is 138 Å². The van der Waals surface area contributed by atoms with Crippen molar-refractivity contribution in [2.45, 2.75) is 63.3 Å². The molecule has 6 nitrogen and oxygen atoms in total. The van der Waals surface area contributed by atoms with Crippen LogP contribution in [-0.2, 0) is 0 Å². The maximum Gasteiger partial charge on any atom is 0.407 e. The predicted octanol–water partition coefficient (Wildman–Crippen LogP) is 1.40. The van der Waals surface area contributed by atoms with Gasteiger partial charge in [-0.3, -0.25) is 4.90 Å². The molecule has 2 N–H and O–H groups in total. The second-order valence-electron chi connectivity index (χ2n) is 8.14. The third kappa shape index (κ3) is 2.85. The Morgan fingerprint density at radius 2 is 1.74 bits per heavy atom. The van der Waals surface area contributed by atoms with Gasteiger partial charge in [-0.15, -0.1) is 0 Å². The van der Waals surface area contributed by atoms with Gasteiger partial charge in [-0.25, -0.2) is 4.79 Å². The van der Waals surface area contributed by atoms with Crippen LogP contribution in [-0.4, -0.2) is 82.0 Å². The Morgan fingerprint density at radius 3 is 2.30 bits per heavy atom. The van der Waals surface area contributed by atoms with E-state index in [2.05, 4.69) is 9.80 Å². The number of hydrogen-bond acceptors (Lipinski definition) is 4. The van der Waals surface area contributed by atoms with E-state index < -0.39 is 6.09 Å². The van der Waals surface area contributed by atoms with Crippen LogP contribution in [0, 0.1) is 5.41 Å². The number of nitrogens with zero attached hydrogens (tertiary/aromatic N) is 3. The highest BCUT2D eigenvalue weighted by Gasteiger charge is 2.51. The number of aliphatic hydroxyl groups excluding tert-OH is 1. The van der Waals surface area contributed by atoms with E-state index in [9.17, 15) is 9.90 Å². The highest BCUT2D eigenvalue weighted by molar-refractivity contribution is 5.65. The number of carboxylic acid groups (broad SMARTS) is 1. The Hall–Kier alpha value is -0.850. The number of likely N-dealkylation sites (tertiary alicyclic amines) is 3. The standard InChI is InChI=1S/C17H29N3O3/c21-15-2-1-6-20(15)13-3-7-18(8-4-13)14-10-17(11-14)5-9-19(12-17)16(22)23/h13-15,21H,1-12H2,(H,22,23). The predicted molar refractivity (Wildman–Crippen MR) is 86.2 cm³/mol. The quantitative estimate of drug-likeness (QED) is 0.804. The van der Waals surface area contributed by atoms with Gasteiger partial charge in [0.05, 0.1) is 0 Å². The largest absolute Gasteiger partial charge is 0.465 e. The Morgan fingerprint density at radius 1 is 1.00 bits per heavy atom. The summed E-state index contributed by atoms with van der Waals surface area (Å²) in [6, 6.07) is 1.22. The van der Waals surface area contributed by atoms with Crippen molar-refractivity contribution >= 4 is 6.09 Å². The fourth-order valence-electron chi connectivity index (χ4n) is 5.41. The Kier molecular flexibility index (Phi) is 4.02. The lowest BCUT2D eigenvalue weighted by atomic mass is 9.64. The van der Waals surface area contributed by atoms with Gasteiger partial charge in [-0.2, -0.15) is 0 Å². The molecule has 4 fully saturated rings. The smallest absolute Gasteiger partial charge is 0.407 e. The van der Waals surface area contributed by atoms with Crippen LogP contribution < -0.4 is 0 Å². The molecule has 0 aromatic rings. The second kappa shape index (κ2) is 5.90. The first-order valence-corrected chi connectivity index (χ1v) is 9.22. The van der Waals surface area contributed by atoms with Gasteiger partial charge in [0.1, 0.15) is 6.23 Å². The van der Waals surface area contributed by atoms with Gasteiger partial charge < -0.3 is 20.0 Å². The van der Waals surface area contributed by atoms with Crippen molar-refractivity contribution < 1.29 is 15.0 Å². The SMILES string of the molecule is O=C(O)N1CCC2(CC(N3CCC(N4CCCC4O)CC3)C2)C1. The van der Waals surface area contributed by atoms with Gasteiger partial charge in [0.15, 0.2) is 0 Å². The fourth-order valence-corrected chi connectivity index (χ4v) is 5.41. The maximum absolute atomic E-state index is 11.1. The summed E-state index contributed by atoms with van der Waals surface area (Å²) in [4.78, 5) is 17.6. The molecule has 1 aliphatic carbocycles. The first kappa shape index (κ1) is 15.7. The van der Waals surface area contributed by atoms with Gasteiger partial charge in [0, 0.05) is 31.7 Å². The van der Waals surface area contributed by atoms with Crippen molar-refractivity contribution in [2.24, 2.45) is 5.41 Å². The van der Waals surface area contributed by atoms with E-state index in [1.54, 1.807) is 4.90 Å². The number of amides is 1. The molecular weight excluding hydrogens is 294 g/mol. The molecule has 3 heterocycles. The average molecular weight is 323 g/mol. The van der Waals surface area contributed by atoms with E-state index in [4.69, 9.17) is 5.11 Å². The van der Waals surface area contributed by atoms with Gasteiger partial charge in [0.25, 0.3) is 0 Å². The number of hydrogen-bond donors (Lipinski definition) is 2. The lowest BCUT2D eigenvalue weighted by molar-refractivity contribution is -0.0408.